The lowest BCUT2D eigenvalue weighted by atomic mass is 9.93. The summed E-state index contributed by atoms with van der Waals surface area (Å²) in [5.74, 6) is -1.13. The molecule has 1 amide bonds. The van der Waals surface area contributed by atoms with Crippen molar-refractivity contribution in [3.05, 3.63) is 22.3 Å². The molecule has 5 nitrogen and oxygen atoms in total. The Kier molecular flexibility index (Phi) is 2.49. The van der Waals surface area contributed by atoms with Crippen LogP contribution < -0.4 is 5.06 Å². The van der Waals surface area contributed by atoms with E-state index in [1.165, 1.54) is 6.20 Å². The average Bonchev–Trinajstić information content (AvgIpc) is 2.23. The number of aliphatic hydroxyl groups is 1. The molecule has 1 aliphatic heterocycles. The van der Waals surface area contributed by atoms with Gasteiger partial charge in [0, 0.05) is 16.2 Å². The molecule has 6 heteroatoms. The van der Waals surface area contributed by atoms with E-state index in [4.69, 9.17) is 0 Å². The molecular formula is C9H9BrN2O3. The Morgan fingerprint density at radius 3 is 2.93 bits per heavy atom. The lowest BCUT2D eigenvalue weighted by Gasteiger charge is -2.30. The molecule has 0 saturated heterocycles. The number of amides is 1. The third-order valence-corrected chi connectivity index (χ3v) is 2.89. The highest BCUT2D eigenvalue weighted by Crippen LogP contribution is 2.36. The van der Waals surface area contributed by atoms with Crippen LogP contribution in [0.5, 0.6) is 0 Å². The lowest BCUT2D eigenvalue weighted by Crippen LogP contribution is -2.40. The van der Waals surface area contributed by atoms with Gasteiger partial charge in [0.1, 0.15) is 0 Å². The third kappa shape index (κ3) is 1.54. The van der Waals surface area contributed by atoms with Crippen LogP contribution in [0.25, 0.3) is 0 Å². The number of halogens is 1. The first-order valence-corrected chi connectivity index (χ1v) is 5.18. The van der Waals surface area contributed by atoms with Gasteiger partial charge in [0.25, 0.3) is 5.91 Å². The summed E-state index contributed by atoms with van der Waals surface area (Å²) in [5.41, 5.74) is 0.443. The molecule has 0 aromatic carbocycles. The van der Waals surface area contributed by atoms with E-state index < -0.39 is 17.9 Å². The zero-order valence-electron chi connectivity index (χ0n) is 7.88. The van der Waals surface area contributed by atoms with Crippen LogP contribution in [0.4, 0.5) is 5.82 Å². The van der Waals surface area contributed by atoms with Crippen LogP contribution in [0.3, 0.4) is 0 Å². The molecule has 15 heavy (non-hydrogen) atoms. The van der Waals surface area contributed by atoms with E-state index >= 15 is 0 Å². The van der Waals surface area contributed by atoms with E-state index in [1.54, 1.807) is 13.0 Å². The predicted molar refractivity (Wildman–Crippen MR) is 55.3 cm³/mol. The topological polar surface area (TPSA) is 73.7 Å². The van der Waals surface area contributed by atoms with Gasteiger partial charge in [-0.2, -0.15) is 5.06 Å². The fourth-order valence-electron chi connectivity index (χ4n) is 1.54. The van der Waals surface area contributed by atoms with E-state index in [-0.39, 0.29) is 5.82 Å². The molecule has 0 saturated carbocycles. The first-order valence-electron chi connectivity index (χ1n) is 4.38. The minimum atomic E-state index is -0.930. The van der Waals surface area contributed by atoms with Crippen LogP contribution in [-0.2, 0) is 4.79 Å². The number of anilines is 1. The summed E-state index contributed by atoms with van der Waals surface area (Å²) in [5, 5.41) is 19.8. The monoisotopic (exact) mass is 272 g/mol. The highest BCUT2D eigenvalue weighted by Gasteiger charge is 2.37. The van der Waals surface area contributed by atoms with Gasteiger partial charge in [0.2, 0.25) is 0 Å². The molecule has 0 aliphatic carbocycles. The molecule has 2 rings (SSSR count). The van der Waals surface area contributed by atoms with Crippen molar-refractivity contribution in [3.8, 4) is 0 Å². The summed E-state index contributed by atoms with van der Waals surface area (Å²) in [6.45, 7) is 1.56. The second-order valence-corrected chi connectivity index (χ2v) is 4.37. The van der Waals surface area contributed by atoms with Crippen LogP contribution in [0, 0.1) is 5.92 Å². The SMILES string of the molecule is CC1C(=O)N(O)c2ncc(Br)cc2C1O. The number of aliphatic hydroxyl groups excluding tert-OH is 1. The van der Waals surface area contributed by atoms with Crippen molar-refractivity contribution < 1.29 is 15.1 Å². The normalized spacial score (nSPS) is 25.3. The van der Waals surface area contributed by atoms with Crippen molar-refractivity contribution >= 4 is 27.7 Å². The highest BCUT2D eigenvalue weighted by atomic mass is 79.9. The maximum atomic E-state index is 11.4. The fourth-order valence-corrected chi connectivity index (χ4v) is 1.89. The van der Waals surface area contributed by atoms with Gasteiger partial charge >= 0.3 is 0 Å². The molecule has 1 aromatic heterocycles. The fraction of sp³-hybridized carbons (Fsp3) is 0.333. The summed E-state index contributed by atoms with van der Waals surface area (Å²) in [4.78, 5) is 15.3. The van der Waals surface area contributed by atoms with Crippen molar-refractivity contribution in [2.75, 3.05) is 5.06 Å². The smallest absolute Gasteiger partial charge is 0.257 e. The molecule has 2 unspecified atom stereocenters. The Bertz CT molecular complexity index is 424. The number of hydrogen-bond donors (Lipinski definition) is 2. The van der Waals surface area contributed by atoms with E-state index in [2.05, 4.69) is 20.9 Å². The number of carbonyl (C=O) groups is 1. The van der Waals surface area contributed by atoms with Gasteiger partial charge in [-0.1, -0.05) is 6.92 Å². The standard InChI is InChI=1S/C9H9BrN2O3/c1-4-7(13)6-2-5(10)3-11-8(6)12(15)9(4)14/h2-4,7,13,15H,1H3. The molecule has 0 fully saturated rings. The van der Waals surface area contributed by atoms with Gasteiger partial charge in [-0.3, -0.25) is 10.0 Å². The molecule has 0 bridgehead atoms. The maximum Gasteiger partial charge on any atom is 0.257 e. The molecule has 80 valence electrons. The summed E-state index contributed by atoms with van der Waals surface area (Å²) in [6.07, 6.45) is 0.527. The summed E-state index contributed by atoms with van der Waals surface area (Å²) < 4.78 is 0.690. The number of aromatic nitrogens is 1. The van der Waals surface area contributed by atoms with Crippen LogP contribution >= 0.6 is 15.9 Å². The summed E-state index contributed by atoms with van der Waals surface area (Å²) in [6, 6.07) is 1.64. The van der Waals surface area contributed by atoms with E-state index in [9.17, 15) is 15.1 Å². The minimum Gasteiger partial charge on any atom is -0.387 e. The van der Waals surface area contributed by atoms with Crippen molar-refractivity contribution in [2.45, 2.75) is 13.0 Å². The van der Waals surface area contributed by atoms with Crippen molar-refractivity contribution in [1.82, 2.24) is 4.98 Å². The van der Waals surface area contributed by atoms with Crippen molar-refractivity contribution in [3.63, 3.8) is 0 Å². The molecule has 1 aromatic rings. The Labute approximate surface area is 94.4 Å². The molecule has 0 radical (unpaired) electrons. The van der Waals surface area contributed by atoms with E-state index in [0.29, 0.717) is 15.1 Å². The number of hydrogen-bond acceptors (Lipinski definition) is 4. The number of rotatable bonds is 0. The first kappa shape index (κ1) is 10.5. The van der Waals surface area contributed by atoms with Gasteiger partial charge in [0.15, 0.2) is 5.82 Å². The lowest BCUT2D eigenvalue weighted by molar-refractivity contribution is -0.132. The Morgan fingerprint density at radius 1 is 1.60 bits per heavy atom. The highest BCUT2D eigenvalue weighted by molar-refractivity contribution is 9.10. The van der Waals surface area contributed by atoms with E-state index in [0.717, 1.165) is 0 Å². The van der Waals surface area contributed by atoms with Crippen LogP contribution in [-0.4, -0.2) is 21.2 Å². The number of hydroxylamine groups is 1. The molecule has 1 aliphatic rings. The molecule has 2 heterocycles. The molecular weight excluding hydrogens is 264 g/mol. The van der Waals surface area contributed by atoms with Gasteiger partial charge in [-0.15, -0.1) is 0 Å². The van der Waals surface area contributed by atoms with Gasteiger partial charge in [-0.05, 0) is 22.0 Å². The van der Waals surface area contributed by atoms with Crippen LogP contribution in [0.15, 0.2) is 16.7 Å². The largest absolute Gasteiger partial charge is 0.387 e. The zero-order chi connectivity index (χ0) is 11.2. The predicted octanol–water partition coefficient (Wildman–Crippen LogP) is 1.25. The summed E-state index contributed by atoms with van der Waals surface area (Å²) in [7, 11) is 0. The molecule has 0 spiro atoms. The average molecular weight is 273 g/mol. The van der Waals surface area contributed by atoms with Crippen LogP contribution in [0.1, 0.15) is 18.6 Å². The van der Waals surface area contributed by atoms with Gasteiger partial charge < -0.3 is 5.11 Å². The number of fused-ring (bicyclic) bond motifs is 1. The molecule has 2 atom stereocenters. The Morgan fingerprint density at radius 2 is 2.27 bits per heavy atom. The van der Waals surface area contributed by atoms with Crippen LogP contribution in [0.2, 0.25) is 0 Å². The van der Waals surface area contributed by atoms with Gasteiger partial charge in [0.05, 0.1) is 12.0 Å². The Hall–Kier alpha value is -0.980. The number of nitrogens with zero attached hydrogens (tertiary/aromatic N) is 2. The quantitative estimate of drug-likeness (QED) is 0.698. The summed E-state index contributed by atoms with van der Waals surface area (Å²) >= 11 is 3.21. The zero-order valence-corrected chi connectivity index (χ0v) is 9.47. The second-order valence-electron chi connectivity index (χ2n) is 3.45. The second kappa shape index (κ2) is 3.55. The van der Waals surface area contributed by atoms with Gasteiger partial charge in [-0.25, -0.2) is 4.98 Å². The number of carbonyl (C=O) groups excluding carboxylic acids is 1. The first-order chi connectivity index (χ1) is 7.02. The maximum absolute atomic E-state index is 11.4. The Balaban J connectivity index is 2.58. The van der Waals surface area contributed by atoms with Crippen molar-refractivity contribution in [1.29, 1.82) is 0 Å². The van der Waals surface area contributed by atoms with Crippen molar-refractivity contribution in [2.24, 2.45) is 5.92 Å². The molecule has 2 N–H and O–H groups in total. The third-order valence-electron chi connectivity index (χ3n) is 2.45. The minimum absolute atomic E-state index is 0.0915. The van der Waals surface area contributed by atoms with E-state index in [1.807, 2.05) is 0 Å². The number of pyridine rings is 1.